The van der Waals surface area contributed by atoms with E-state index in [2.05, 4.69) is 15.1 Å². The molecule has 13 heteroatoms. The van der Waals surface area contributed by atoms with Gasteiger partial charge >= 0.3 is 6.18 Å². The summed E-state index contributed by atoms with van der Waals surface area (Å²) in [5.74, 6) is -0.0415. The van der Waals surface area contributed by atoms with Crippen LogP contribution in [0, 0.1) is 6.92 Å². The maximum absolute atomic E-state index is 13.7. The van der Waals surface area contributed by atoms with Crippen LogP contribution in [0.2, 0.25) is 5.02 Å². The molecule has 3 N–H and O–H groups in total. The second-order valence-corrected chi connectivity index (χ2v) is 8.39. The molecule has 188 valence electrons. The summed E-state index contributed by atoms with van der Waals surface area (Å²) in [7, 11) is 0. The number of ether oxygens (including phenoxy) is 3. The number of nitrogens with zero attached hydrogens (tertiary/aromatic N) is 4. The van der Waals surface area contributed by atoms with Gasteiger partial charge in [0, 0.05) is 11.8 Å². The number of nitrogens with two attached hydrogens (primary N) is 1. The molecule has 3 aromatic rings. The summed E-state index contributed by atoms with van der Waals surface area (Å²) in [5, 5.41) is 14.3. The van der Waals surface area contributed by atoms with E-state index in [0.29, 0.717) is 0 Å². The van der Waals surface area contributed by atoms with E-state index in [1.807, 2.05) is 30.3 Å². The molecule has 1 saturated heterocycles. The van der Waals surface area contributed by atoms with Gasteiger partial charge in [0.25, 0.3) is 0 Å². The molecule has 0 amide bonds. The van der Waals surface area contributed by atoms with Crippen LogP contribution in [0.4, 0.5) is 13.2 Å². The highest BCUT2D eigenvalue weighted by Crippen LogP contribution is 2.36. The summed E-state index contributed by atoms with van der Waals surface area (Å²) in [4.78, 5) is 7.61. The Kier molecular flexibility index (Phi) is 7.40. The number of aliphatic hydroxyl groups excluding tert-OH is 1. The Morgan fingerprint density at radius 3 is 2.63 bits per heavy atom. The van der Waals surface area contributed by atoms with Crippen LogP contribution in [0.3, 0.4) is 0 Å². The first-order valence-corrected chi connectivity index (χ1v) is 11.0. The second-order valence-electron chi connectivity index (χ2n) is 7.95. The molecule has 9 nitrogen and oxygen atoms in total. The van der Waals surface area contributed by atoms with Gasteiger partial charge in [-0.3, -0.25) is 0 Å². The van der Waals surface area contributed by atoms with Crippen molar-refractivity contribution < 1.29 is 32.5 Å². The highest BCUT2D eigenvalue weighted by atomic mass is 35.5. The minimum absolute atomic E-state index is 0.0486. The summed E-state index contributed by atoms with van der Waals surface area (Å²) >= 11 is 5.93. The second kappa shape index (κ2) is 10.2. The molecule has 1 aromatic carbocycles. The number of halogens is 4. The van der Waals surface area contributed by atoms with Gasteiger partial charge in [-0.25, -0.2) is 14.6 Å². The molecule has 0 bridgehead atoms. The zero-order valence-electron chi connectivity index (χ0n) is 18.7. The van der Waals surface area contributed by atoms with Gasteiger partial charge in [-0.1, -0.05) is 41.9 Å². The van der Waals surface area contributed by atoms with Crippen LogP contribution >= 0.6 is 11.6 Å². The van der Waals surface area contributed by atoms with Crippen LogP contribution in [-0.4, -0.2) is 49.9 Å². The van der Waals surface area contributed by atoms with E-state index in [4.69, 9.17) is 31.5 Å². The van der Waals surface area contributed by atoms with E-state index in [1.165, 1.54) is 6.92 Å². The summed E-state index contributed by atoms with van der Waals surface area (Å²) in [6.07, 6.45) is -8.80. The number of aryl methyl sites for hydroxylation is 1. The van der Waals surface area contributed by atoms with Gasteiger partial charge in [0.1, 0.15) is 18.2 Å². The SMILES string of the molecule is Cc1nc(C(OC2COC(c3ccccc3)OC2C)[C@H](N)O)n(-c2cc(Cl)cnc2C(F)(F)F)n1. The third kappa shape index (κ3) is 5.63. The number of alkyl halides is 3. The summed E-state index contributed by atoms with van der Waals surface area (Å²) < 4.78 is 59.5. The number of benzene rings is 1. The molecule has 0 spiro atoms. The normalized spacial score (nSPS) is 22.7. The summed E-state index contributed by atoms with van der Waals surface area (Å²) in [5.41, 5.74) is 4.86. The zero-order valence-corrected chi connectivity index (χ0v) is 19.4. The Morgan fingerprint density at radius 2 is 2.00 bits per heavy atom. The molecular weight excluding hydrogens is 491 g/mol. The third-order valence-corrected chi connectivity index (χ3v) is 5.51. The Labute approximate surface area is 203 Å². The van der Waals surface area contributed by atoms with Gasteiger partial charge in [-0.2, -0.15) is 18.3 Å². The van der Waals surface area contributed by atoms with Crippen molar-refractivity contribution in [2.75, 3.05) is 6.61 Å². The predicted octanol–water partition coefficient (Wildman–Crippen LogP) is 3.48. The number of rotatable bonds is 6. The molecule has 1 fully saturated rings. The molecule has 1 aliphatic rings. The predicted molar refractivity (Wildman–Crippen MR) is 117 cm³/mol. The molecule has 3 heterocycles. The van der Waals surface area contributed by atoms with E-state index < -0.39 is 48.4 Å². The van der Waals surface area contributed by atoms with Crippen LogP contribution in [0.1, 0.15) is 42.2 Å². The van der Waals surface area contributed by atoms with E-state index in [1.54, 1.807) is 6.92 Å². The van der Waals surface area contributed by atoms with Gasteiger partial charge in [0.05, 0.1) is 23.4 Å². The third-order valence-electron chi connectivity index (χ3n) is 5.30. The Hall–Kier alpha value is -2.61. The van der Waals surface area contributed by atoms with Gasteiger partial charge in [-0.15, -0.1) is 0 Å². The lowest BCUT2D eigenvalue weighted by Crippen LogP contribution is -2.44. The molecule has 0 aliphatic carbocycles. The quantitative estimate of drug-likeness (QED) is 0.481. The van der Waals surface area contributed by atoms with Crippen LogP contribution in [-0.2, 0) is 20.4 Å². The molecule has 4 rings (SSSR count). The average Bonchev–Trinajstić information content (AvgIpc) is 3.18. The van der Waals surface area contributed by atoms with Crippen molar-refractivity contribution in [2.45, 2.75) is 50.9 Å². The first-order valence-electron chi connectivity index (χ1n) is 10.6. The van der Waals surface area contributed by atoms with Crippen molar-refractivity contribution in [2.24, 2.45) is 5.73 Å². The minimum atomic E-state index is -4.80. The Bertz CT molecular complexity index is 1160. The minimum Gasteiger partial charge on any atom is -0.376 e. The molecule has 5 atom stereocenters. The lowest BCUT2D eigenvalue weighted by molar-refractivity contribution is -0.274. The summed E-state index contributed by atoms with van der Waals surface area (Å²) in [6, 6.07) is 10.3. The molecule has 1 aliphatic heterocycles. The first-order chi connectivity index (χ1) is 16.5. The highest BCUT2D eigenvalue weighted by Gasteiger charge is 2.40. The summed E-state index contributed by atoms with van der Waals surface area (Å²) in [6.45, 7) is 3.30. The average molecular weight is 514 g/mol. The largest absolute Gasteiger partial charge is 0.435 e. The number of hydrogen-bond donors (Lipinski definition) is 2. The topological polar surface area (TPSA) is 118 Å². The lowest BCUT2D eigenvalue weighted by Gasteiger charge is -2.37. The monoisotopic (exact) mass is 513 g/mol. The number of aliphatic hydroxyl groups is 1. The lowest BCUT2D eigenvalue weighted by atomic mass is 10.1. The van der Waals surface area contributed by atoms with Crippen molar-refractivity contribution >= 4 is 11.6 Å². The fourth-order valence-corrected chi connectivity index (χ4v) is 3.81. The number of hydrogen-bond acceptors (Lipinski definition) is 8. The smallest absolute Gasteiger partial charge is 0.376 e. The van der Waals surface area contributed by atoms with Crippen molar-refractivity contribution in [1.82, 2.24) is 19.7 Å². The zero-order chi connectivity index (χ0) is 25.3. The van der Waals surface area contributed by atoms with Gasteiger partial charge in [0.2, 0.25) is 0 Å². The van der Waals surface area contributed by atoms with Gasteiger partial charge in [-0.05, 0) is 19.9 Å². The Morgan fingerprint density at radius 1 is 1.29 bits per heavy atom. The molecule has 35 heavy (non-hydrogen) atoms. The van der Waals surface area contributed by atoms with Crippen molar-refractivity contribution in [1.29, 1.82) is 0 Å². The van der Waals surface area contributed by atoms with Crippen molar-refractivity contribution in [3.8, 4) is 5.69 Å². The van der Waals surface area contributed by atoms with Crippen LogP contribution in [0.15, 0.2) is 42.6 Å². The standard InChI is InChI=1S/C22H23ClF3N5O4/c1-11-16(10-33-21(34-11)13-6-4-3-5-7-13)35-17(19(27)32)20-29-12(2)30-31(20)15-8-14(23)9-28-18(15)22(24,25)26/h3-9,11,16-17,19,21,32H,10,27H2,1-2H3/t11?,16?,17?,19-,21?/m1/s1. The maximum atomic E-state index is 13.7. The Balaban J connectivity index is 1.63. The van der Waals surface area contributed by atoms with Gasteiger partial charge < -0.3 is 25.1 Å². The number of pyridine rings is 1. The molecular formula is C22H23ClF3N5O4. The first kappa shape index (κ1) is 25.5. The molecule has 0 radical (unpaired) electrons. The van der Waals surface area contributed by atoms with Crippen LogP contribution in [0.25, 0.3) is 5.69 Å². The van der Waals surface area contributed by atoms with E-state index in [-0.39, 0.29) is 23.3 Å². The molecule has 2 aromatic heterocycles. The molecule has 0 saturated carbocycles. The fourth-order valence-electron chi connectivity index (χ4n) is 3.66. The van der Waals surface area contributed by atoms with Crippen molar-refractivity contribution in [3.05, 3.63) is 70.5 Å². The van der Waals surface area contributed by atoms with Gasteiger partial charge in [0.15, 0.2) is 23.9 Å². The van der Waals surface area contributed by atoms with Crippen molar-refractivity contribution in [3.63, 3.8) is 0 Å². The number of aromatic nitrogens is 4. The maximum Gasteiger partial charge on any atom is 0.435 e. The molecule has 4 unspecified atom stereocenters. The van der Waals surface area contributed by atoms with E-state index in [9.17, 15) is 18.3 Å². The van der Waals surface area contributed by atoms with E-state index >= 15 is 0 Å². The fraction of sp³-hybridized carbons (Fsp3) is 0.409. The van der Waals surface area contributed by atoms with E-state index in [0.717, 1.165) is 22.5 Å². The highest BCUT2D eigenvalue weighted by molar-refractivity contribution is 6.30. The van der Waals surface area contributed by atoms with Crippen LogP contribution in [0.5, 0.6) is 0 Å². The van der Waals surface area contributed by atoms with Crippen LogP contribution < -0.4 is 5.73 Å².